The molecule has 0 spiro atoms. The molecule has 0 fully saturated rings. The molecule has 2 aromatic rings. The van der Waals surface area contributed by atoms with Gasteiger partial charge in [-0.05, 0) is 68.1 Å². The Hall–Kier alpha value is -0.910. The Morgan fingerprint density at radius 2 is 2.00 bits per heavy atom. The first-order valence-electron chi connectivity index (χ1n) is 6.16. The summed E-state index contributed by atoms with van der Waals surface area (Å²) in [5.74, 6) is 0.449. The van der Waals surface area contributed by atoms with E-state index in [1.807, 2.05) is 31.2 Å². The lowest BCUT2D eigenvalue weighted by Crippen LogP contribution is -2.13. The summed E-state index contributed by atoms with van der Waals surface area (Å²) in [6, 6.07) is 10.1. The second-order valence-corrected chi connectivity index (χ2v) is 5.89. The standard InChI is InChI=1S/C15H14Br2FNO/c1-2-20-13-7-6-9(8-11(13)16)15(19)10-4-3-5-12(18)14(10)17/h3-8,15H,2,19H2,1H3. The molecule has 0 saturated heterocycles. The average Bonchev–Trinajstić information content (AvgIpc) is 2.43. The third kappa shape index (κ3) is 3.22. The predicted octanol–water partition coefficient (Wildman–Crippen LogP) is 4.80. The van der Waals surface area contributed by atoms with Crippen LogP contribution in [0, 0.1) is 5.82 Å². The summed E-state index contributed by atoms with van der Waals surface area (Å²) in [7, 11) is 0. The van der Waals surface area contributed by atoms with E-state index >= 15 is 0 Å². The smallest absolute Gasteiger partial charge is 0.137 e. The number of rotatable bonds is 4. The zero-order valence-electron chi connectivity index (χ0n) is 10.9. The van der Waals surface area contributed by atoms with Gasteiger partial charge in [0.15, 0.2) is 0 Å². The van der Waals surface area contributed by atoms with Crippen molar-refractivity contribution in [2.75, 3.05) is 6.61 Å². The van der Waals surface area contributed by atoms with Crippen LogP contribution in [0.5, 0.6) is 5.75 Å². The van der Waals surface area contributed by atoms with E-state index < -0.39 is 6.04 Å². The Morgan fingerprint density at radius 3 is 2.65 bits per heavy atom. The molecule has 0 bridgehead atoms. The monoisotopic (exact) mass is 401 g/mol. The fraction of sp³-hybridized carbons (Fsp3) is 0.200. The first kappa shape index (κ1) is 15.5. The highest BCUT2D eigenvalue weighted by molar-refractivity contribution is 9.10. The van der Waals surface area contributed by atoms with Gasteiger partial charge < -0.3 is 10.5 Å². The van der Waals surface area contributed by atoms with Gasteiger partial charge in [0.25, 0.3) is 0 Å². The zero-order chi connectivity index (χ0) is 14.7. The van der Waals surface area contributed by atoms with Gasteiger partial charge in [0.2, 0.25) is 0 Å². The fourth-order valence-electron chi connectivity index (χ4n) is 1.92. The first-order chi connectivity index (χ1) is 9.54. The van der Waals surface area contributed by atoms with E-state index in [1.165, 1.54) is 6.07 Å². The molecule has 2 nitrogen and oxygen atoms in total. The van der Waals surface area contributed by atoms with E-state index in [4.69, 9.17) is 10.5 Å². The van der Waals surface area contributed by atoms with Crippen LogP contribution in [0.15, 0.2) is 45.3 Å². The Bertz CT molecular complexity index is 619. The normalized spacial score (nSPS) is 12.2. The van der Waals surface area contributed by atoms with Gasteiger partial charge in [-0.15, -0.1) is 0 Å². The van der Waals surface area contributed by atoms with Gasteiger partial charge in [-0.1, -0.05) is 18.2 Å². The minimum absolute atomic E-state index is 0.317. The van der Waals surface area contributed by atoms with Crippen molar-refractivity contribution in [3.63, 3.8) is 0 Å². The largest absolute Gasteiger partial charge is 0.493 e. The molecule has 20 heavy (non-hydrogen) atoms. The lowest BCUT2D eigenvalue weighted by atomic mass is 9.99. The van der Waals surface area contributed by atoms with Crippen LogP contribution in [0.25, 0.3) is 0 Å². The van der Waals surface area contributed by atoms with Crippen molar-refractivity contribution in [2.45, 2.75) is 13.0 Å². The number of ether oxygens (including phenoxy) is 1. The second-order valence-electron chi connectivity index (χ2n) is 4.24. The van der Waals surface area contributed by atoms with E-state index in [2.05, 4.69) is 31.9 Å². The van der Waals surface area contributed by atoms with Crippen molar-refractivity contribution in [2.24, 2.45) is 5.73 Å². The molecule has 0 radical (unpaired) electrons. The number of benzene rings is 2. The maximum atomic E-state index is 13.6. The van der Waals surface area contributed by atoms with Crippen LogP contribution in [0.2, 0.25) is 0 Å². The van der Waals surface area contributed by atoms with E-state index in [0.29, 0.717) is 16.6 Å². The number of nitrogens with two attached hydrogens (primary N) is 1. The summed E-state index contributed by atoms with van der Waals surface area (Å²) >= 11 is 6.70. The van der Waals surface area contributed by atoms with Gasteiger partial charge in [-0.25, -0.2) is 4.39 Å². The molecule has 0 heterocycles. The van der Waals surface area contributed by atoms with Crippen LogP contribution in [-0.2, 0) is 0 Å². The molecule has 0 aliphatic carbocycles. The van der Waals surface area contributed by atoms with Gasteiger partial charge in [-0.3, -0.25) is 0 Å². The summed E-state index contributed by atoms with van der Waals surface area (Å²) in [5, 5.41) is 0. The van der Waals surface area contributed by atoms with E-state index in [1.54, 1.807) is 6.07 Å². The highest BCUT2D eigenvalue weighted by Gasteiger charge is 2.16. The van der Waals surface area contributed by atoms with Gasteiger partial charge >= 0.3 is 0 Å². The molecule has 0 aliphatic heterocycles. The van der Waals surface area contributed by atoms with Crippen molar-refractivity contribution in [3.8, 4) is 5.75 Å². The van der Waals surface area contributed by atoms with E-state index in [-0.39, 0.29) is 5.82 Å². The van der Waals surface area contributed by atoms with Crippen LogP contribution in [0.4, 0.5) is 4.39 Å². The Balaban J connectivity index is 2.36. The molecule has 1 atom stereocenters. The molecule has 0 amide bonds. The van der Waals surface area contributed by atoms with Crippen LogP contribution in [0.1, 0.15) is 24.1 Å². The fourth-order valence-corrected chi connectivity index (χ4v) is 2.95. The minimum Gasteiger partial charge on any atom is -0.493 e. The molecule has 5 heteroatoms. The van der Waals surface area contributed by atoms with Gasteiger partial charge in [0.05, 0.1) is 21.6 Å². The Morgan fingerprint density at radius 1 is 1.25 bits per heavy atom. The lowest BCUT2D eigenvalue weighted by molar-refractivity contribution is 0.338. The molecular weight excluding hydrogens is 389 g/mol. The van der Waals surface area contributed by atoms with Crippen LogP contribution in [-0.4, -0.2) is 6.61 Å². The van der Waals surface area contributed by atoms with E-state index in [9.17, 15) is 4.39 Å². The van der Waals surface area contributed by atoms with Gasteiger partial charge in [0, 0.05) is 0 Å². The molecule has 1 unspecified atom stereocenters. The Labute approximate surface area is 134 Å². The van der Waals surface area contributed by atoms with Crippen molar-refractivity contribution in [1.29, 1.82) is 0 Å². The quantitative estimate of drug-likeness (QED) is 0.797. The molecule has 0 aromatic heterocycles. The molecule has 0 aliphatic rings. The molecule has 2 rings (SSSR count). The number of halogens is 3. The SMILES string of the molecule is CCOc1ccc(C(N)c2cccc(F)c2Br)cc1Br. The third-order valence-electron chi connectivity index (χ3n) is 2.93. The second kappa shape index (κ2) is 6.70. The number of hydrogen-bond donors (Lipinski definition) is 1. The average molecular weight is 403 g/mol. The molecule has 2 aromatic carbocycles. The Kier molecular flexibility index (Phi) is 5.18. The van der Waals surface area contributed by atoms with Gasteiger partial charge in [-0.2, -0.15) is 0 Å². The summed E-state index contributed by atoms with van der Waals surface area (Å²) in [5.41, 5.74) is 7.81. The summed E-state index contributed by atoms with van der Waals surface area (Å²) in [6.45, 7) is 2.52. The number of hydrogen-bond acceptors (Lipinski definition) is 2. The summed E-state index contributed by atoms with van der Waals surface area (Å²) in [4.78, 5) is 0. The maximum absolute atomic E-state index is 13.6. The maximum Gasteiger partial charge on any atom is 0.137 e. The lowest BCUT2D eigenvalue weighted by Gasteiger charge is -2.16. The first-order valence-corrected chi connectivity index (χ1v) is 7.75. The van der Waals surface area contributed by atoms with Crippen LogP contribution in [0.3, 0.4) is 0 Å². The van der Waals surface area contributed by atoms with E-state index in [0.717, 1.165) is 15.8 Å². The third-order valence-corrected chi connectivity index (χ3v) is 4.39. The van der Waals surface area contributed by atoms with Crippen molar-refractivity contribution in [3.05, 3.63) is 62.3 Å². The zero-order valence-corrected chi connectivity index (χ0v) is 14.0. The summed E-state index contributed by atoms with van der Waals surface area (Å²) in [6.07, 6.45) is 0. The van der Waals surface area contributed by atoms with Crippen molar-refractivity contribution >= 4 is 31.9 Å². The van der Waals surface area contributed by atoms with Crippen LogP contribution < -0.4 is 10.5 Å². The molecule has 0 saturated carbocycles. The summed E-state index contributed by atoms with van der Waals surface area (Å²) < 4.78 is 20.3. The van der Waals surface area contributed by atoms with Crippen LogP contribution >= 0.6 is 31.9 Å². The minimum atomic E-state index is -0.410. The predicted molar refractivity (Wildman–Crippen MR) is 85.4 cm³/mol. The molecule has 2 N–H and O–H groups in total. The van der Waals surface area contributed by atoms with Crippen molar-refractivity contribution in [1.82, 2.24) is 0 Å². The van der Waals surface area contributed by atoms with Crippen molar-refractivity contribution < 1.29 is 9.13 Å². The molecular formula is C15H14Br2FNO. The highest BCUT2D eigenvalue weighted by Crippen LogP contribution is 2.33. The topological polar surface area (TPSA) is 35.2 Å². The highest BCUT2D eigenvalue weighted by atomic mass is 79.9. The molecule has 106 valence electrons. The van der Waals surface area contributed by atoms with Gasteiger partial charge in [0.1, 0.15) is 11.6 Å².